The van der Waals surface area contributed by atoms with Crippen molar-refractivity contribution in [3.05, 3.63) is 29.8 Å². The van der Waals surface area contributed by atoms with E-state index in [1.54, 1.807) is 12.1 Å². The second kappa shape index (κ2) is 7.29. The van der Waals surface area contributed by atoms with Crippen molar-refractivity contribution in [3.63, 3.8) is 0 Å². The van der Waals surface area contributed by atoms with Gasteiger partial charge in [-0.2, -0.15) is 0 Å². The van der Waals surface area contributed by atoms with Crippen molar-refractivity contribution in [2.45, 2.75) is 45.6 Å². The Hall–Kier alpha value is -1.02. The van der Waals surface area contributed by atoms with E-state index >= 15 is 0 Å². The van der Waals surface area contributed by atoms with Crippen molar-refractivity contribution < 1.29 is 5.11 Å². The van der Waals surface area contributed by atoms with Gasteiger partial charge >= 0.3 is 0 Å². The Balaban J connectivity index is 2.18. The van der Waals surface area contributed by atoms with Gasteiger partial charge in [-0.25, -0.2) is 0 Å². The lowest BCUT2D eigenvalue weighted by molar-refractivity contribution is 0.474. The number of benzene rings is 1. The van der Waals surface area contributed by atoms with Gasteiger partial charge < -0.3 is 10.4 Å². The normalized spacial score (nSPS) is 10.9. The van der Waals surface area contributed by atoms with Crippen LogP contribution in [0.2, 0.25) is 0 Å². The lowest BCUT2D eigenvalue weighted by Gasteiger charge is -2.14. The molecule has 1 aromatic rings. The third kappa shape index (κ3) is 4.67. The second-order valence-corrected chi connectivity index (χ2v) is 4.24. The first-order valence-corrected chi connectivity index (χ1v) is 6.27. The van der Waals surface area contributed by atoms with Gasteiger partial charge in [0.15, 0.2) is 0 Å². The van der Waals surface area contributed by atoms with Gasteiger partial charge in [0.1, 0.15) is 5.75 Å². The molecule has 90 valence electrons. The van der Waals surface area contributed by atoms with Gasteiger partial charge in [-0.1, -0.05) is 26.0 Å². The Morgan fingerprint density at radius 2 is 1.75 bits per heavy atom. The predicted molar refractivity (Wildman–Crippen MR) is 68.8 cm³/mol. The fourth-order valence-electron chi connectivity index (χ4n) is 1.84. The maximum absolute atomic E-state index is 9.15. The average Bonchev–Trinajstić information content (AvgIpc) is 2.32. The van der Waals surface area contributed by atoms with Crippen molar-refractivity contribution in [1.29, 1.82) is 0 Å². The molecule has 0 aliphatic carbocycles. The van der Waals surface area contributed by atoms with Crippen molar-refractivity contribution in [1.82, 2.24) is 5.32 Å². The highest BCUT2D eigenvalue weighted by atomic mass is 16.3. The summed E-state index contributed by atoms with van der Waals surface area (Å²) in [5.74, 6) is 0.346. The molecule has 1 rings (SSSR count). The molecule has 0 atom stereocenters. The van der Waals surface area contributed by atoms with Gasteiger partial charge in [-0.05, 0) is 49.9 Å². The minimum absolute atomic E-state index is 0.346. The van der Waals surface area contributed by atoms with Crippen molar-refractivity contribution >= 4 is 0 Å². The molecule has 2 nitrogen and oxygen atoms in total. The van der Waals surface area contributed by atoms with Gasteiger partial charge in [0.2, 0.25) is 0 Å². The van der Waals surface area contributed by atoms with Crippen LogP contribution in [0.15, 0.2) is 24.3 Å². The van der Waals surface area contributed by atoms with Crippen LogP contribution in [0.5, 0.6) is 5.75 Å². The number of aromatic hydroxyl groups is 1. The quantitative estimate of drug-likeness (QED) is 0.693. The highest BCUT2D eigenvalue weighted by Crippen LogP contribution is 2.10. The molecule has 16 heavy (non-hydrogen) atoms. The SMILES string of the molecule is CCC(CC)NCCCc1ccc(O)cc1. The van der Waals surface area contributed by atoms with Crippen LogP contribution in [0, 0.1) is 0 Å². The van der Waals surface area contributed by atoms with E-state index < -0.39 is 0 Å². The third-order valence-electron chi connectivity index (χ3n) is 3.00. The molecule has 0 saturated carbocycles. The molecule has 0 aliphatic heterocycles. The molecule has 0 saturated heterocycles. The largest absolute Gasteiger partial charge is 0.508 e. The summed E-state index contributed by atoms with van der Waals surface area (Å²) in [6.07, 6.45) is 4.64. The van der Waals surface area contributed by atoms with E-state index in [-0.39, 0.29) is 0 Å². The molecule has 0 unspecified atom stereocenters. The van der Waals surface area contributed by atoms with Crippen LogP contribution in [0.25, 0.3) is 0 Å². The summed E-state index contributed by atoms with van der Waals surface area (Å²) in [5, 5.41) is 12.7. The predicted octanol–water partition coefficient (Wildman–Crippen LogP) is 3.10. The highest BCUT2D eigenvalue weighted by molar-refractivity contribution is 5.25. The zero-order chi connectivity index (χ0) is 11.8. The van der Waals surface area contributed by atoms with Gasteiger partial charge in [0, 0.05) is 6.04 Å². The fraction of sp³-hybridized carbons (Fsp3) is 0.571. The van der Waals surface area contributed by atoms with Crippen molar-refractivity contribution in [3.8, 4) is 5.75 Å². The molecule has 0 fully saturated rings. The summed E-state index contributed by atoms with van der Waals surface area (Å²) in [6, 6.07) is 8.16. The molecule has 2 heteroatoms. The number of rotatable bonds is 7. The van der Waals surface area contributed by atoms with E-state index in [1.807, 2.05) is 12.1 Å². The molecule has 0 radical (unpaired) electrons. The molecular formula is C14H23NO. The Kier molecular flexibility index (Phi) is 5.94. The maximum Gasteiger partial charge on any atom is 0.115 e. The first-order valence-electron chi connectivity index (χ1n) is 6.27. The number of nitrogens with one attached hydrogen (secondary N) is 1. The molecule has 0 bridgehead atoms. The van der Waals surface area contributed by atoms with E-state index in [4.69, 9.17) is 5.11 Å². The zero-order valence-electron chi connectivity index (χ0n) is 10.4. The molecule has 2 N–H and O–H groups in total. The minimum atomic E-state index is 0.346. The average molecular weight is 221 g/mol. The fourth-order valence-corrected chi connectivity index (χ4v) is 1.84. The number of phenolic OH excluding ortho intramolecular Hbond substituents is 1. The van der Waals surface area contributed by atoms with Gasteiger partial charge in [0.25, 0.3) is 0 Å². The minimum Gasteiger partial charge on any atom is -0.508 e. The highest BCUT2D eigenvalue weighted by Gasteiger charge is 2.01. The van der Waals surface area contributed by atoms with Crippen molar-refractivity contribution in [2.24, 2.45) is 0 Å². The van der Waals surface area contributed by atoms with Crippen molar-refractivity contribution in [2.75, 3.05) is 6.54 Å². The topological polar surface area (TPSA) is 32.3 Å². The summed E-state index contributed by atoms with van der Waals surface area (Å²) in [7, 11) is 0. The van der Waals surface area contributed by atoms with Gasteiger partial charge in [-0.3, -0.25) is 0 Å². The monoisotopic (exact) mass is 221 g/mol. The first kappa shape index (κ1) is 13.0. The molecule has 0 spiro atoms. The van der Waals surface area contributed by atoms with Crippen LogP contribution < -0.4 is 5.32 Å². The molecular weight excluding hydrogens is 198 g/mol. The maximum atomic E-state index is 9.15. The van der Waals surface area contributed by atoms with E-state index in [9.17, 15) is 0 Å². The van der Waals surface area contributed by atoms with Crippen LogP contribution in [-0.4, -0.2) is 17.7 Å². The molecule has 1 aromatic carbocycles. The Bertz CT molecular complexity index is 277. The standard InChI is InChI=1S/C14H23NO/c1-3-13(4-2)15-11-5-6-12-7-9-14(16)10-8-12/h7-10,13,15-16H,3-6,11H2,1-2H3. The van der Waals surface area contributed by atoms with E-state index in [1.165, 1.54) is 18.4 Å². The lowest BCUT2D eigenvalue weighted by Crippen LogP contribution is -2.28. The molecule has 0 aliphatic rings. The van der Waals surface area contributed by atoms with E-state index in [2.05, 4.69) is 19.2 Å². The van der Waals surface area contributed by atoms with Crippen LogP contribution in [0.4, 0.5) is 0 Å². The Morgan fingerprint density at radius 1 is 1.12 bits per heavy atom. The number of hydrogen-bond donors (Lipinski definition) is 2. The molecule has 0 aromatic heterocycles. The smallest absolute Gasteiger partial charge is 0.115 e. The third-order valence-corrected chi connectivity index (χ3v) is 3.00. The number of hydrogen-bond acceptors (Lipinski definition) is 2. The van der Waals surface area contributed by atoms with Crippen LogP contribution in [-0.2, 0) is 6.42 Å². The first-order chi connectivity index (χ1) is 7.76. The zero-order valence-corrected chi connectivity index (χ0v) is 10.4. The summed E-state index contributed by atoms with van der Waals surface area (Å²) in [4.78, 5) is 0. The summed E-state index contributed by atoms with van der Waals surface area (Å²) in [5.41, 5.74) is 1.30. The van der Waals surface area contributed by atoms with Crippen LogP contribution in [0.1, 0.15) is 38.7 Å². The summed E-state index contributed by atoms with van der Waals surface area (Å²) >= 11 is 0. The van der Waals surface area contributed by atoms with Gasteiger partial charge in [0.05, 0.1) is 0 Å². The number of aryl methyl sites for hydroxylation is 1. The van der Waals surface area contributed by atoms with Crippen LogP contribution in [0.3, 0.4) is 0 Å². The Morgan fingerprint density at radius 3 is 2.31 bits per heavy atom. The molecule has 0 amide bonds. The molecule has 0 heterocycles. The summed E-state index contributed by atoms with van der Waals surface area (Å²) in [6.45, 7) is 5.52. The van der Waals surface area contributed by atoms with E-state index in [0.717, 1.165) is 19.4 Å². The number of phenols is 1. The Labute approximate surface area is 98.7 Å². The van der Waals surface area contributed by atoms with E-state index in [0.29, 0.717) is 11.8 Å². The van der Waals surface area contributed by atoms with Crippen LogP contribution >= 0.6 is 0 Å². The second-order valence-electron chi connectivity index (χ2n) is 4.24. The van der Waals surface area contributed by atoms with Gasteiger partial charge in [-0.15, -0.1) is 0 Å². The lowest BCUT2D eigenvalue weighted by atomic mass is 10.1. The summed E-state index contributed by atoms with van der Waals surface area (Å²) < 4.78 is 0.